The zero-order chi connectivity index (χ0) is 17.9. The lowest BCUT2D eigenvalue weighted by Crippen LogP contribution is -2.42. The van der Waals surface area contributed by atoms with Gasteiger partial charge in [0, 0.05) is 24.1 Å². The number of aliphatic carboxylic acids is 1. The Morgan fingerprint density at radius 1 is 1.38 bits per heavy atom. The zero-order valence-corrected chi connectivity index (χ0v) is 14.3. The molecule has 1 aromatic rings. The van der Waals surface area contributed by atoms with E-state index in [2.05, 4.69) is 5.32 Å². The monoisotopic (exact) mass is 370 g/mol. The highest BCUT2D eigenvalue weighted by Gasteiger charge is 2.40. The van der Waals surface area contributed by atoms with Crippen LogP contribution in [0.4, 0.5) is 5.69 Å². The summed E-state index contributed by atoms with van der Waals surface area (Å²) < 4.78 is 0. The lowest BCUT2D eigenvalue weighted by molar-refractivity contribution is -0.140. The Labute approximate surface area is 147 Å². The van der Waals surface area contributed by atoms with Gasteiger partial charge in [-0.25, -0.2) is 9.69 Å². The SMILES string of the molecule is CC(=O)N[C@@H](CS[C@@H]1CC(=O)N(c2ccc(Cl)cc2)C1=O)C(=O)O. The van der Waals surface area contributed by atoms with Crippen LogP contribution in [0.5, 0.6) is 0 Å². The molecule has 1 saturated heterocycles. The molecule has 7 nitrogen and oxygen atoms in total. The van der Waals surface area contributed by atoms with E-state index in [0.717, 1.165) is 16.7 Å². The number of rotatable bonds is 6. The minimum absolute atomic E-state index is 0.00689. The van der Waals surface area contributed by atoms with Gasteiger partial charge in [-0.05, 0) is 24.3 Å². The fourth-order valence-corrected chi connectivity index (χ4v) is 3.51. The first-order chi connectivity index (χ1) is 11.3. The normalized spacial score (nSPS) is 18.6. The standard InChI is InChI=1S/C15H15ClN2O5S/c1-8(19)17-11(15(22)23)7-24-12-6-13(20)18(14(12)21)10-4-2-9(16)3-5-10/h2-5,11-12H,6-7H2,1H3,(H,17,19)(H,22,23)/t11-,12+/m0/s1. The first-order valence-electron chi connectivity index (χ1n) is 7.03. The molecular weight excluding hydrogens is 356 g/mol. The van der Waals surface area contributed by atoms with E-state index in [1.807, 2.05) is 0 Å². The predicted octanol–water partition coefficient (Wildman–Crippen LogP) is 1.29. The molecule has 1 aliphatic rings. The van der Waals surface area contributed by atoms with Gasteiger partial charge < -0.3 is 10.4 Å². The molecule has 2 atom stereocenters. The van der Waals surface area contributed by atoms with Gasteiger partial charge in [0.15, 0.2) is 0 Å². The van der Waals surface area contributed by atoms with Crippen LogP contribution in [0.1, 0.15) is 13.3 Å². The van der Waals surface area contributed by atoms with Crippen LogP contribution in [0.15, 0.2) is 24.3 Å². The minimum Gasteiger partial charge on any atom is -0.480 e. The largest absolute Gasteiger partial charge is 0.480 e. The number of carboxylic acids is 1. The van der Waals surface area contributed by atoms with Gasteiger partial charge in [-0.1, -0.05) is 11.6 Å². The Kier molecular flexibility index (Phi) is 5.84. The Morgan fingerprint density at radius 2 is 2.00 bits per heavy atom. The van der Waals surface area contributed by atoms with Crippen LogP contribution in [0.25, 0.3) is 0 Å². The van der Waals surface area contributed by atoms with Gasteiger partial charge in [0.2, 0.25) is 17.7 Å². The summed E-state index contributed by atoms with van der Waals surface area (Å²) >= 11 is 6.84. The number of hydrogen-bond acceptors (Lipinski definition) is 5. The van der Waals surface area contributed by atoms with Crippen LogP contribution < -0.4 is 10.2 Å². The number of carbonyl (C=O) groups is 4. The summed E-state index contributed by atoms with van der Waals surface area (Å²) in [6.45, 7) is 1.22. The van der Waals surface area contributed by atoms with Crippen molar-refractivity contribution >= 4 is 52.7 Å². The number of carbonyl (C=O) groups excluding carboxylic acids is 3. The highest BCUT2D eigenvalue weighted by molar-refractivity contribution is 8.00. The molecule has 1 fully saturated rings. The lowest BCUT2D eigenvalue weighted by Gasteiger charge is -2.16. The number of nitrogens with one attached hydrogen (secondary N) is 1. The lowest BCUT2D eigenvalue weighted by atomic mass is 10.3. The van der Waals surface area contributed by atoms with Gasteiger partial charge in [0.25, 0.3) is 0 Å². The summed E-state index contributed by atoms with van der Waals surface area (Å²) in [6.07, 6.45) is -0.0153. The van der Waals surface area contributed by atoms with E-state index in [0.29, 0.717) is 10.7 Å². The van der Waals surface area contributed by atoms with E-state index in [9.17, 15) is 19.2 Å². The molecule has 1 heterocycles. The van der Waals surface area contributed by atoms with E-state index in [1.54, 1.807) is 24.3 Å². The maximum Gasteiger partial charge on any atom is 0.327 e. The third kappa shape index (κ3) is 4.27. The van der Waals surface area contributed by atoms with E-state index in [-0.39, 0.29) is 18.1 Å². The van der Waals surface area contributed by atoms with E-state index >= 15 is 0 Å². The molecule has 0 unspecified atom stereocenters. The second-order valence-corrected chi connectivity index (χ2v) is 6.83. The van der Waals surface area contributed by atoms with E-state index in [4.69, 9.17) is 16.7 Å². The number of benzene rings is 1. The Morgan fingerprint density at radius 3 is 2.54 bits per heavy atom. The summed E-state index contributed by atoms with van der Waals surface area (Å²) in [4.78, 5) is 47.7. The second kappa shape index (κ2) is 7.67. The van der Waals surface area contributed by atoms with Gasteiger partial charge in [-0.15, -0.1) is 11.8 Å². The summed E-state index contributed by atoms with van der Waals surface area (Å²) in [7, 11) is 0. The second-order valence-electron chi connectivity index (χ2n) is 5.16. The first kappa shape index (κ1) is 18.3. The highest BCUT2D eigenvalue weighted by atomic mass is 35.5. The average molecular weight is 371 g/mol. The number of hydrogen-bond donors (Lipinski definition) is 2. The molecule has 0 radical (unpaired) electrons. The van der Waals surface area contributed by atoms with Gasteiger partial charge in [-0.2, -0.15) is 0 Å². The highest BCUT2D eigenvalue weighted by Crippen LogP contribution is 2.30. The van der Waals surface area contributed by atoms with E-state index in [1.165, 1.54) is 6.92 Å². The van der Waals surface area contributed by atoms with Gasteiger partial charge in [-0.3, -0.25) is 14.4 Å². The number of anilines is 1. The first-order valence-corrected chi connectivity index (χ1v) is 8.46. The van der Waals surface area contributed by atoms with Crippen molar-refractivity contribution in [1.82, 2.24) is 5.32 Å². The molecule has 0 bridgehead atoms. The van der Waals surface area contributed by atoms with Crippen molar-refractivity contribution in [3.8, 4) is 0 Å². The topological polar surface area (TPSA) is 104 Å². The Bertz CT molecular complexity index is 679. The van der Waals surface area contributed by atoms with Crippen LogP contribution in [-0.4, -0.2) is 45.8 Å². The minimum atomic E-state index is -1.19. The fourth-order valence-electron chi connectivity index (χ4n) is 2.23. The third-order valence-electron chi connectivity index (χ3n) is 3.33. The van der Waals surface area contributed by atoms with Crippen molar-refractivity contribution in [2.75, 3.05) is 10.7 Å². The zero-order valence-electron chi connectivity index (χ0n) is 12.7. The van der Waals surface area contributed by atoms with Crippen LogP contribution >= 0.6 is 23.4 Å². The molecule has 128 valence electrons. The smallest absolute Gasteiger partial charge is 0.327 e. The third-order valence-corrected chi connectivity index (χ3v) is 4.88. The van der Waals surface area contributed by atoms with Crippen LogP contribution in [0, 0.1) is 0 Å². The fraction of sp³-hybridized carbons (Fsp3) is 0.333. The van der Waals surface area contributed by atoms with Crippen molar-refractivity contribution in [1.29, 1.82) is 0 Å². The summed E-state index contributed by atoms with van der Waals surface area (Å²) in [5.74, 6) is -2.43. The molecular formula is C15H15ClN2O5S. The Hall–Kier alpha value is -2.06. The molecule has 9 heteroatoms. The molecule has 2 rings (SSSR count). The molecule has 0 saturated carbocycles. The number of thioether (sulfide) groups is 1. The maximum atomic E-state index is 12.4. The average Bonchev–Trinajstić information content (AvgIpc) is 2.78. The van der Waals surface area contributed by atoms with E-state index < -0.39 is 29.1 Å². The maximum absolute atomic E-state index is 12.4. The summed E-state index contributed by atoms with van der Waals surface area (Å²) in [6, 6.07) is 5.19. The van der Waals surface area contributed by atoms with Crippen LogP contribution in [0.2, 0.25) is 5.02 Å². The number of nitrogens with zero attached hydrogens (tertiary/aromatic N) is 1. The van der Waals surface area contributed by atoms with Gasteiger partial charge >= 0.3 is 5.97 Å². The summed E-state index contributed by atoms with van der Waals surface area (Å²) in [5, 5.41) is 11.2. The molecule has 3 amide bonds. The molecule has 0 aliphatic carbocycles. The van der Waals surface area contributed by atoms with Crippen molar-refractivity contribution in [3.63, 3.8) is 0 Å². The molecule has 0 aromatic heterocycles. The Balaban J connectivity index is 2.04. The predicted molar refractivity (Wildman–Crippen MR) is 90.0 cm³/mol. The molecule has 1 aliphatic heterocycles. The molecule has 0 spiro atoms. The molecule has 24 heavy (non-hydrogen) atoms. The molecule has 2 N–H and O–H groups in total. The number of amides is 3. The van der Waals surface area contributed by atoms with Crippen molar-refractivity contribution in [2.24, 2.45) is 0 Å². The number of carboxylic acid groups (broad SMARTS) is 1. The van der Waals surface area contributed by atoms with Crippen LogP contribution in [-0.2, 0) is 19.2 Å². The molecule has 1 aromatic carbocycles. The van der Waals surface area contributed by atoms with Crippen molar-refractivity contribution in [2.45, 2.75) is 24.6 Å². The van der Waals surface area contributed by atoms with Crippen molar-refractivity contribution in [3.05, 3.63) is 29.3 Å². The quantitative estimate of drug-likeness (QED) is 0.731. The van der Waals surface area contributed by atoms with Gasteiger partial charge in [0.1, 0.15) is 6.04 Å². The number of imide groups is 1. The summed E-state index contributed by atoms with van der Waals surface area (Å²) in [5.41, 5.74) is 0.425. The van der Waals surface area contributed by atoms with Crippen molar-refractivity contribution < 1.29 is 24.3 Å². The number of halogens is 1. The van der Waals surface area contributed by atoms with Gasteiger partial charge in [0.05, 0.1) is 10.9 Å². The van der Waals surface area contributed by atoms with Crippen LogP contribution in [0.3, 0.4) is 0 Å².